The minimum Gasteiger partial charge on any atom is -0.373 e. The maximum atomic E-state index is 5.89. The van der Waals surface area contributed by atoms with Gasteiger partial charge in [-0.2, -0.15) is 0 Å². The van der Waals surface area contributed by atoms with Crippen molar-refractivity contribution in [3.63, 3.8) is 0 Å². The molecule has 6 heteroatoms. The number of guanidine groups is 1. The summed E-state index contributed by atoms with van der Waals surface area (Å²) in [6, 6.07) is 8.64. The zero-order chi connectivity index (χ0) is 20.7. The molecule has 2 heterocycles. The molecule has 0 aliphatic carbocycles. The Morgan fingerprint density at radius 2 is 1.90 bits per heavy atom. The van der Waals surface area contributed by atoms with Crippen LogP contribution in [0.15, 0.2) is 29.3 Å². The lowest BCUT2D eigenvalue weighted by Crippen LogP contribution is -2.45. The van der Waals surface area contributed by atoms with Crippen molar-refractivity contribution in [2.45, 2.75) is 71.4 Å². The predicted molar refractivity (Wildman–Crippen MR) is 118 cm³/mol. The van der Waals surface area contributed by atoms with Gasteiger partial charge in [-0.15, -0.1) is 0 Å². The van der Waals surface area contributed by atoms with E-state index in [1.807, 2.05) is 0 Å². The number of ether oxygens (including phenoxy) is 2. The molecule has 162 valence electrons. The summed E-state index contributed by atoms with van der Waals surface area (Å²) in [4.78, 5) is 7.34. The highest BCUT2D eigenvalue weighted by Crippen LogP contribution is 2.24. The summed E-state index contributed by atoms with van der Waals surface area (Å²) in [5, 5.41) is 6.84. The third-order valence-corrected chi connectivity index (χ3v) is 5.69. The molecule has 6 nitrogen and oxygen atoms in total. The van der Waals surface area contributed by atoms with Gasteiger partial charge in [0.05, 0.1) is 24.4 Å². The summed E-state index contributed by atoms with van der Waals surface area (Å²) in [5.74, 6) is 0.854. The zero-order valence-corrected chi connectivity index (χ0v) is 18.5. The molecule has 0 spiro atoms. The summed E-state index contributed by atoms with van der Waals surface area (Å²) < 4.78 is 11.8. The van der Waals surface area contributed by atoms with Gasteiger partial charge in [-0.05, 0) is 51.7 Å². The molecule has 0 saturated carbocycles. The highest BCUT2D eigenvalue weighted by atomic mass is 16.5. The van der Waals surface area contributed by atoms with Crippen LogP contribution in [0.5, 0.6) is 0 Å². The lowest BCUT2D eigenvalue weighted by molar-refractivity contribution is -0.0705. The Morgan fingerprint density at radius 3 is 2.55 bits per heavy atom. The average Bonchev–Trinajstić information content (AvgIpc) is 3.11. The molecule has 1 aromatic carbocycles. The second-order valence-electron chi connectivity index (χ2n) is 8.67. The van der Waals surface area contributed by atoms with Gasteiger partial charge in [0.1, 0.15) is 0 Å². The number of nitrogens with zero attached hydrogens (tertiary/aromatic N) is 2. The summed E-state index contributed by atoms with van der Waals surface area (Å²) in [7, 11) is 0. The number of hydrogen-bond donors (Lipinski definition) is 2. The monoisotopic (exact) mass is 402 g/mol. The molecule has 0 radical (unpaired) electrons. The van der Waals surface area contributed by atoms with E-state index in [0.717, 1.165) is 58.1 Å². The van der Waals surface area contributed by atoms with Crippen LogP contribution in [0.4, 0.5) is 0 Å². The van der Waals surface area contributed by atoms with Gasteiger partial charge >= 0.3 is 0 Å². The molecule has 2 aliphatic heterocycles. The molecule has 2 N–H and O–H groups in total. The van der Waals surface area contributed by atoms with E-state index in [1.165, 1.54) is 11.1 Å². The average molecular weight is 403 g/mol. The lowest BCUT2D eigenvalue weighted by Gasteiger charge is -2.35. The van der Waals surface area contributed by atoms with Crippen LogP contribution in [0.25, 0.3) is 0 Å². The first kappa shape index (κ1) is 22.1. The maximum absolute atomic E-state index is 5.89. The van der Waals surface area contributed by atoms with Crippen LogP contribution in [-0.2, 0) is 22.6 Å². The minimum absolute atomic E-state index is 0.0855. The van der Waals surface area contributed by atoms with E-state index in [1.54, 1.807) is 0 Å². The normalized spacial score (nSPS) is 28.5. The van der Waals surface area contributed by atoms with Gasteiger partial charge in [0.15, 0.2) is 5.96 Å². The number of benzene rings is 1. The molecule has 1 aromatic rings. The highest BCUT2D eigenvalue weighted by molar-refractivity contribution is 5.79. The number of aliphatic imine (C=N–C) groups is 1. The second kappa shape index (κ2) is 10.4. The fourth-order valence-corrected chi connectivity index (χ4v) is 4.27. The first-order chi connectivity index (χ1) is 14.0. The second-order valence-corrected chi connectivity index (χ2v) is 8.67. The summed E-state index contributed by atoms with van der Waals surface area (Å²) in [5.41, 5.74) is 2.54. The topological polar surface area (TPSA) is 58.1 Å². The van der Waals surface area contributed by atoms with Crippen molar-refractivity contribution >= 4 is 5.96 Å². The van der Waals surface area contributed by atoms with Crippen molar-refractivity contribution in [2.24, 2.45) is 4.99 Å². The van der Waals surface area contributed by atoms with Crippen LogP contribution in [0, 0.1) is 0 Å². The van der Waals surface area contributed by atoms with E-state index in [0.29, 0.717) is 6.54 Å². The van der Waals surface area contributed by atoms with Gasteiger partial charge in [-0.3, -0.25) is 4.90 Å². The van der Waals surface area contributed by atoms with Crippen LogP contribution < -0.4 is 10.6 Å². The third-order valence-electron chi connectivity index (χ3n) is 5.69. The standard InChI is InChI=1S/C23H38N4O2/c1-5-24-22(26-17-23(4)11-8-12-28-23)25-13-20-9-6-7-10-21(20)16-27-14-18(2)29-19(3)15-27/h6-7,9-10,18-19H,5,8,11-17H2,1-4H3,(H2,24,25,26). The molecule has 3 unspecified atom stereocenters. The number of morpholine rings is 1. The predicted octanol–water partition coefficient (Wildman–Crippen LogP) is 2.92. The largest absolute Gasteiger partial charge is 0.373 e. The molecule has 0 amide bonds. The smallest absolute Gasteiger partial charge is 0.191 e. The Labute approximate surface area is 176 Å². The SMILES string of the molecule is CCNC(=NCc1ccccc1CN1CC(C)OC(C)C1)NCC1(C)CCCO1. The Kier molecular flexibility index (Phi) is 7.92. The van der Waals surface area contributed by atoms with Crippen molar-refractivity contribution in [2.75, 3.05) is 32.8 Å². The summed E-state index contributed by atoms with van der Waals surface area (Å²) in [6.07, 6.45) is 2.80. The van der Waals surface area contributed by atoms with Crippen LogP contribution in [-0.4, -0.2) is 61.5 Å². The quantitative estimate of drug-likeness (QED) is 0.543. The third kappa shape index (κ3) is 6.69. The minimum atomic E-state index is -0.0855. The molecule has 3 rings (SSSR count). The van der Waals surface area contributed by atoms with E-state index < -0.39 is 0 Å². The molecule has 3 atom stereocenters. The lowest BCUT2D eigenvalue weighted by atomic mass is 10.0. The molecule has 0 aromatic heterocycles. The van der Waals surface area contributed by atoms with Gasteiger partial charge in [0.2, 0.25) is 0 Å². The van der Waals surface area contributed by atoms with Crippen molar-refractivity contribution in [3.8, 4) is 0 Å². The van der Waals surface area contributed by atoms with Gasteiger partial charge in [-0.25, -0.2) is 4.99 Å². The van der Waals surface area contributed by atoms with Crippen LogP contribution in [0.3, 0.4) is 0 Å². The van der Waals surface area contributed by atoms with Crippen molar-refractivity contribution < 1.29 is 9.47 Å². The van der Waals surface area contributed by atoms with Crippen LogP contribution in [0.1, 0.15) is 51.7 Å². The van der Waals surface area contributed by atoms with Gasteiger partial charge in [0.25, 0.3) is 0 Å². The highest BCUT2D eigenvalue weighted by Gasteiger charge is 2.29. The fourth-order valence-electron chi connectivity index (χ4n) is 4.27. The van der Waals surface area contributed by atoms with Crippen molar-refractivity contribution in [3.05, 3.63) is 35.4 Å². The number of hydrogen-bond acceptors (Lipinski definition) is 4. The van der Waals surface area contributed by atoms with E-state index in [4.69, 9.17) is 14.5 Å². The molecule has 2 fully saturated rings. The van der Waals surface area contributed by atoms with E-state index in [9.17, 15) is 0 Å². The van der Waals surface area contributed by atoms with Gasteiger partial charge in [0, 0.05) is 39.3 Å². The number of nitrogens with one attached hydrogen (secondary N) is 2. The van der Waals surface area contributed by atoms with Gasteiger partial charge < -0.3 is 20.1 Å². The Morgan fingerprint density at radius 1 is 1.17 bits per heavy atom. The number of rotatable bonds is 7. The van der Waals surface area contributed by atoms with Gasteiger partial charge in [-0.1, -0.05) is 24.3 Å². The van der Waals surface area contributed by atoms with E-state index in [-0.39, 0.29) is 17.8 Å². The first-order valence-electron chi connectivity index (χ1n) is 11.1. The first-order valence-corrected chi connectivity index (χ1v) is 11.1. The summed E-state index contributed by atoms with van der Waals surface area (Å²) >= 11 is 0. The van der Waals surface area contributed by atoms with Crippen molar-refractivity contribution in [1.29, 1.82) is 0 Å². The molecule has 2 aliphatic rings. The fraction of sp³-hybridized carbons (Fsp3) is 0.696. The van der Waals surface area contributed by atoms with E-state index in [2.05, 4.69) is 67.5 Å². The maximum Gasteiger partial charge on any atom is 0.191 e. The van der Waals surface area contributed by atoms with E-state index >= 15 is 0 Å². The Bertz CT molecular complexity index is 663. The molecule has 29 heavy (non-hydrogen) atoms. The summed E-state index contributed by atoms with van der Waals surface area (Å²) in [6.45, 7) is 14.6. The van der Waals surface area contributed by atoms with Crippen LogP contribution in [0.2, 0.25) is 0 Å². The zero-order valence-electron chi connectivity index (χ0n) is 18.5. The Hall–Kier alpha value is -1.63. The molecule has 2 saturated heterocycles. The molecule has 0 bridgehead atoms. The van der Waals surface area contributed by atoms with Crippen molar-refractivity contribution in [1.82, 2.24) is 15.5 Å². The van der Waals surface area contributed by atoms with Crippen LogP contribution >= 0.6 is 0 Å². The molecular formula is C23H38N4O2. The Balaban J connectivity index is 1.63. The molecular weight excluding hydrogens is 364 g/mol.